The van der Waals surface area contributed by atoms with E-state index in [4.69, 9.17) is 33.2 Å². The van der Waals surface area contributed by atoms with E-state index < -0.39 is 59.9 Å². The van der Waals surface area contributed by atoms with Crippen LogP contribution in [0.5, 0.6) is 0 Å². The van der Waals surface area contributed by atoms with E-state index in [9.17, 15) is 20.4 Å². The number of aliphatic hydroxyl groups excluding tert-OH is 1. The maximum absolute atomic E-state index is 13.6. The highest BCUT2D eigenvalue weighted by Crippen LogP contribution is 2.50. The molecule has 0 amide bonds. The van der Waals surface area contributed by atoms with E-state index in [0.29, 0.717) is 16.7 Å². The summed E-state index contributed by atoms with van der Waals surface area (Å²) in [4.78, 5) is 0. The Morgan fingerprint density at radius 1 is 0.455 bits per heavy atom. The van der Waals surface area contributed by atoms with Crippen molar-refractivity contribution in [2.75, 3.05) is 20.3 Å². The van der Waals surface area contributed by atoms with Gasteiger partial charge in [0.05, 0.1) is 33.0 Å². The van der Waals surface area contributed by atoms with Crippen molar-refractivity contribution >= 4 is 0 Å². The summed E-state index contributed by atoms with van der Waals surface area (Å²) in [6.45, 7) is 0.169. The number of rotatable bonds is 20. The van der Waals surface area contributed by atoms with E-state index >= 15 is 0 Å². The van der Waals surface area contributed by atoms with Gasteiger partial charge in [-0.05, 0) is 33.4 Å². The molecule has 346 valence electrons. The lowest BCUT2D eigenvalue weighted by atomic mass is 9.60. The van der Waals surface area contributed by atoms with E-state index in [1.807, 2.05) is 182 Å². The first kappa shape index (κ1) is 47.4. The Bertz CT molecular complexity index is 2330. The molecule has 66 heavy (non-hydrogen) atoms. The number of hydrogen-bond acceptors (Lipinski definition) is 11. The Morgan fingerprint density at radius 3 is 1.33 bits per heavy atom. The van der Waals surface area contributed by atoms with Crippen LogP contribution >= 0.6 is 0 Å². The number of methoxy groups -OCH3 is 1. The smallest absolute Gasteiger partial charge is 0.189 e. The summed E-state index contributed by atoms with van der Waals surface area (Å²) >= 11 is 0. The van der Waals surface area contributed by atoms with Gasteiger partial charge in [0, 0.05) is 26.4 Å². The highest BCUT2D eigenvalue weighted by molar-refractivity contribution is 5.32. The standard InChI is InChI=1S/C55H60O11/c1-60-52-54(58,33-41-22-10-3-11-23-41)55(59,34-42-24-12-4-13-25-42)53(57,32-40-20-8-2-9-21-40)47(66-52)39-64-51-50(63-37-45-30-18-7-19-31-45)49(62-36-44-28-16-6-17-29-44)48(56)46(65-51)38-61-35-43-26-14-5-15-27-43/h2-31,46-52,56-59H,32-39H2,1H3/t46-,47-,48+,49+,50-,51-,52+,53-,54+,55+/m1/s1. The normalized spacial score (nSPS) is 28.8. The molecule has 2 fully saturated rings. The average Bonchev–Trinajstić information content (AvgIpc) is 3.35. The van der Waals surface area contributed by atoms with Gasteiger partial charge < -0.3 is 53.6 Å². The predicted molar refractivity (Wildman–Crippen MR) is 248 cm³/mol. The van der Waals surface area contributed by atoms with Gasteiger partial charge >= 0.3 is 0 Å². The van der Waals surface area contributed by atoms with Crippen LogP contribution in [0, 0.1) is 0 Å². The molecule has 11 nitrogen and oxygen atoms in total. The zero-order chi connectivity index (χ0) is 45.8. The lowest BCUT2D eigenvalue weighted by Gasteiger charge is -2.61. The Balaban J connectivity index is 1.16. The van der Waals surface area contributed by atoms with Gasteiger partial charge in [-0.1, -0.05) is 182 Å². The molecule has 0 aliphatic carbocycles. The predicted octanol–water partition coefficient (Wildman–Crippen LogP) is 6.77. The Morgan fingerprint density at radius 2 is 0.864 bits per heavy atom. The summed E-state index contributed by atoms with van der Waals surface area (Å²) in [5, 5.41) is 52.4. The maximum atomic E-state index is 13.6. The van der Waals surface area contributed by atoms with Crippen LogP contribution in [-0.2, 0) is 72.2 Å². The van der Waals surface area contributed by atoms with Crippen LogP contribution in [-0.4, -0.2) is 101 Å². The molecule has 4 N–H and O–H groups in total. The van der Waals surface area contributed by atoms with Crippen molar-refractivity contribution in [3.8, 4) is 0 Å². The minimum atomic E-state index is -2.33. The second kappa shape index (κ2) is 22.1. The molecule has 0 unspecified atom stereocenters. The van der Waals surface area contributed by atoms with Crippen molar-refractivity contribution in [2.24, 2.45) is 0 Å². The summed E-state index contributed by atoms with van der Waals surface area (Å²) in [6, 6.07) is 56.8. The third kappa shape index (κ3) is 10.8. The first-order chi connectivity index (χ1) is 32.2. The topological polar surface area (TPSA) is 146 Å². The lowest BCUT2D eigenvalue weighted by Crippen LogP contribution is -2.82. The second-order valence-electron chi connectivity index (χ2n) is 17.3. The second-order valence-corrected chi connectivity index (χ2v) is 17.3. The zero-order valence-corrected chi connectivity index (χ0v) is 37.2. The largest absolute Gasteiger partial charge is 0.387 e. The van der Waals surface area contributed by atoms with Gasteiger partial charge in [-0.3, -0.25) is 0 Å². The van der Waals surface area contributed by atoms with Gasteiger partial charge in [0.25, 0.3) is 0 Å². The van der Waals surface area contributed by atoms with Gasteiger partial charge in [-0.2, -0.15) is 0 Å². The minimum Gasteiger partial charge on any atom is -0.387 e. The monoisotopic (exact) mass is 896 g/mol. The van der Waals surface area contributed by atoms with E-state index in [2.05, 4.69) is 0 Å². The van der Waals surface area contributed by atoms with Crippen molar-refractivity contribution in [1.29, 1.82) is 0 Å². The average molecular weight is 897 g/mol. The first-order valence-electron chi connectivity index (χ1n) is 22.5. The van der Waals surface area contributed by atoms with Crippen LogP contribution < -0.4 is 0 Å². The van der Waals surface area contributed by atoms with Crippen LogP contribution in [0.4, 0.5) is 0 Å². The van der Waals surface area contributed by atoms with Crippen molar-refractivity contribution in [3.05, 3.63) is 215 Å². The van der Waals surface area contributed by atoms with Crippen molar-refractivity contribution in [2.45, 2.75) is 99.0 Å². The van der Waals surface area contributed by atoms with E-state index in [1.54, 1.807) is 0 Å². The summed E-state index contributed by atoms with van der Waals surface area (Å²) in [5.41, 5.74) is -2.01. The van der Waals surface area contributed by atoms with Gasteiger partial charge in [-0.25, -0.2) is 0 Å². The van der Waals surface area contributed by atoms with Gasteiger partial charge in [0.1, 0.15) is 41.7 Å². The molecule has 11 heteroatoms. The van der Waals surface area contributed by atoms with Crippen LogP contribution in [0.15, 0.2) is 182 Å². The highest BCUT2D eigenvalue weighted by atomic mass is 16.7. The summed E-state index contributed by atoms with van der Waals surface area (Å²) in [5.74, 6) is 0. The minimum absolute atomic E-state index is 0.0144. The molecule has 0 bridgehead atoms. The highest BCUT2D eigenvalue weighted by Gasteiger charge is 2.72. The van der Waals surface area contributed by atoms with Crippen LogP contribution in [0.1, 0.15) is 33.4 Å². The van der Waals surface area contributed by atoms with Gasteiger partial charge in [-0.15, -0.1) is 0 Å². The molecule has 6 aromatic rings. The molecule has 2 aliphatic heterocycles. The summed E-state index contributed by atoms with van der Waals surface area (Å²) in [7, 11) is 1.40. The SMILES string of the molecule is CO[C@H]1O[C@H](CO[C@@H]2O[C@H](COCc3ccccc3)[C@H](O)[C@H](OCc3ccccc3)[C@H]2OCc2ccccc2)[C@](O)(Cc2ccccc2)[C@@](O)(Cc2ccccc2)[C@]1(O)Cc1ccccc1. The molecule has 2 aliphatic rings. The fraction of sp³-hybridized carbons (Fsp3) is 0.345. The van der Waals surface area contributed by atoms with E-state index in [1.165, 1.54) is 7.11 Å². The van der Waals surface area contributed by atoms with E-state index in [0.717, 1.165) is 16.7 Å². The molecule has 0 spiro atoms. The number of ether oxygens (including phenoxy) is 7. The fourth-order valence-electron chi connectivity index (χ4n) is 9.25. The molecule has 0 radical (unpaired) electrons. The molecule has 0 aromatic heterocycles. The molecular weight excluding hydrogens is 837 g/mol. The lowest BCUT2D eigenvalue weighted by molar-refractivity contribution is -0.406. The number of hydrogen-bond donors (Lipinski definition) is 4. The molecule has 10 atom stereocenters. The zero-order valence-electron chi connectivity index (χ0n) is 37.2. The quantitative estimate of drug-likeness (QED) is 0.0645. The molecular formula is C55H60O11. The van der Waals surface area contributed by atoms with Gasteiger partial charge in [0.2, 0.25) is 0 Å². The Hall–Kier alpha value is -5.12. The Labute approximate surface area is 387 Å². The molecule has 8 rings (SSSR count). The third-order valence-electron chi connectivity index (χ3n) is 12.8. The fourth-order valence-corrected chi connectivity index (χ4v) is 9.25. The third-order valence-corrected chi connectivity index (χ3v) is 12.8. The molecule has 6 aromatic carbocycles. The van der Waals surface area contributed by atoms with Crippen LogP contribution in [0.3, 0.4) is 0 Å². The first-order valence-corrected chi connectivity index (χ1v) is 22.5. The summed E-state index contributed by atoms with van der Waals surface area (Å²) in [6.07, 6.45) is -8.60. The van der Waals surface area contributed by atoms with Crippen LogP contribution in [0.25, 0.3) is 0 Å². The number of benzene rings is 6. The maximum Gasteiger partial charge on any atom is 0.189 e. The molecule has 2 saturated heterocycles. The van der Waals surface area contributed by atoms with Crippen LogP contribution in [0.2, 0.25) is 0 Å². The van der Waals surface area contributed by atoms with E-state index in [-0.39, 0.29) is 52.3 Å². The number of aliphatic hydroxyl groups is 4. The van der Waals surface area contributed by atoms with Crippen molar-refractivity contribution in [3.63, 3.8) is 0 Å². The summed E-state index contributed by atoms with van der Waals surface area (Å²) < 4.78 is 45.4. The molecule has 2 heterocycles. The van der Waals surface area contributed by atoms with Gasteiger partial charge in [0.15, 0.2) is 18.2 Å². The van der Waals surface area contributed by atoms with Crippen molar-refractivity contribution in [1.82, 2.24) is 0 Å². The molecule has 0 saturated carbocycles. The van der Waals surface area contributed by atoms with Crippen molar-refractivity contribution < 1.29 is 53.6 Å². The Kier molecular flexibility index (Phi) is 15.9.